The summed E-state index contributed by atoms with van der Waals surface area (Å²) in [5.41, 5.74) is 6.23. The number of carbonyl (C=O) groups excluding carboxylic acids is 1. The van der Waals surface area contributed by atoms with Crippen molar-refractivity contribution in [3.05, 3.63) is 35.9 Å². The van der Waals surface area contributed by atoms with Gasteiger partial charge in [-0.15, -0.1) is 0 Å². The van der Waals surface area contributed by atoms with Crippen LogP contribution < -0.4 is 11.1 Å². The molecule has 1 aliphatic heterocycles. The molecule has 4 nitrogen and oxygen atoms in total. The van der Waals surface area contributed by atoms with Crippen LogP contribution >= 0.6 is 0 Å². The first-order chi connectivity index (χ1) is 8.27. The number of benzene rings is 1. The zero-order chi connectivity index (χ0) is 12.1. The van der Waals surface area contributed by atoms with Gasteiger partial charge in [-0.3, -0.25) is 4.79 Å². The molecule has 0 unspecified atom stereocenters. The average molecular weight is 234 g/mol. The average Bonchev–Trinajstić information content (AvgIpc) is 2.38. The van der Waals surface area contributed by atoms with Crippen LogP contribution in [0.2, 0.25) is 0 Å². The summed E-state index contributed by atoms with van der Waals surface area (Å²) in [6.45, 7) is 1.81. The summed E-state index contributed by atoms with van der Waals surface area (Å²) in [6, 6.07) is 9.41. The Morgan fingerprint density at radius 2 is 2.18 bits per heavy atom. The van der Waals surface area contributed by atoms with Crippen LogP contribution in [0.25, 0.3) is 0 Å². The van der Waals surface area contributed by atoms with E-state index in [9.17, 15) is 4.79 Å². The minimum absolute atomic E-state index is 0.0708. The third-order valence-corrected chi connectivity index (χ3v) is 2.94. The molecule has 0 spiro atoms. The quantitative estimate of drug-likeness (QED) is 0.816. The smallest absolute Gasteiger partial charge is 0.251 e. The van der Waals surface area contributed by atoms with Gasteiger partial charge in [-0.2, -0.15) is 0 Å². The summed E-state index contributed by atoms with van der Waals surface area (Å²) >= 11 is 0. The first kappa shape index (κ1) is 12.1. The molecule has 1 fully saturated rings. The molecule has 1 aromatic rings. The summed E-state index contributed by atoms with van der Waals surface area (Å²) in [4.78, 5) is 11.5. The van der Waals surface area contributed by atoms with E-state index in [0.29, 0.717) is 0 Å². The Labute approximate surface area is 101 Å². The Kier molecular flexibility index (Phi) is 4.12. The molecule has 92 valence electrons. The summed E-state index contributed by atoms with van der Waals surface area (Å²) in [5, 5.41) is 3.25. The molecule has 3 N–H and O–H groups in total. The minimum Gasteiger partial charge on any atom is -0.367 e. The molecule has 1 saturated heterocycles. The molecule has 2 rings (SSSR count). The molecule has 2 atom stereocenters. The fourth-order valence-electron chi connectivity index (χ4n) is 2.07. The summed E-state index contributed by atoms with van der Waals surface area (Å²) in [6.07, 6.45) is 1.48. The number of hydrogen-bond donors (Lipinski definition) is 2. The van der Waals surface area contributed by atoms with Crippen molar-refractivity contribution in [2.45, 2.75) is 25.0 Å². The number of nitrogens with one attached hydrogen (secondary N) is 1. The lowest BCUT2D eigenvalue weighted by molar-refractivity contribution is -0.134. The van der Waals surface area contributed by atoms with Gasteiger partial charge in [0.25, 0.3) is 5.91 Å². The third kappa shape index (κ3) is 3.28. The van der Waals surface area contributed by atoms with Crippen LogP contribution in [-0.2, 0) is 9.53 Å². The highest BCUT2D eigenvalue weighted by atomic mass is 16.5. The largest absolute Gasteiger partial charge is 0.367 e. The van der Waals surface area contributed by atoms with Crippen LogP contribution in [-0.4, -0.2) is 25.1 Å². The van der Waals surface area contributed by atoms with E-state index in [0.717, 1.165) is 31.5 Å². The second kappa shape index (κ2) is 5.80. The van der Waals surface area contributed by atoms with Crippen molar-refractivity contribution >= 4 is 5.91 Å². The summed E-state index contributed by atoms with van der Waals surface area (Å²) < 4.78 is 5.80. The molecule has 0 aliphatic carbocycles. The molecule has 1 heterocycles. The number of hydrogen-bond acceptors (Lipinski definition) is 3. The number of nitrogens with two attached hydrogens (primary N) is 1. The molecule has 1 aliphatic rings. The van der Waals surface area contributed by atoms with Gasteiger partial charge < -0.3 is 15.8 Å². The fourth-order valence-corrected chi connectivity index (χ4v) is 2.07. The van der Waals surface area contributed by atoms with Gasteiger partial charge in [-0.1, -0.05) is 30.3 Å². The lowest BCUT2D eigenvalue weighted by atomic mass is 10.1. The zero-order valence-electron chi connectivity index (χ0n) is 9.76. The standard InChI is InChI=1S/C13H18N2O2/c14-13(16)12(10-5-2-1-3-6-10)17-11-7-4-8-15-9-11/h1-3,5-6,11-12,15H,4,7-9H2,(H2,14,16)/t11-,12-/m1/s1. The molecule has 1 aromatic carbocycles. The number of rotatable bonds is 4. The van der Waals surface area contributed by atoms with E-state index in [2.05, 4.69) is 5.32 Å². The van der Waals surface area contributed by atoms with Gasteiger partial charge in [0.05, 0.1) is 6.10 Å². The molecule has 17 heavy (non-hydrogen) atoms. The monoisotopic (exact) mass is 234 g/mol. The van der Waals surface area contributed by atoms with Crippen LogP contribution in [0.1, 0.15) is 24.5 Å². The van der Waals surface area contributed by atoms with Crippen molar-refractivity contribution in [3.8, 4) is 0 Å². The maximum atomic E-state index is 11.5. The van der Waals surface area contributed by atoms with Gasteiger partial charge in [-0.05, 0) is 24.9 Å². The van der Waals surface area contributed by atoms with E-state index < -0.39 is 12.0 Å². The van der Waals surface area contributed by atoms with Gasteiger partial charge in [0.15, 0.2) is 6.10 Å². The lowest BCUT2D eigenvalue weighted by Gasteiger charge is -2.26. The van der Waals surface area contributed by atoms with Gasteiger partial charge in [-0.25, -0.2) is 0 Å². The van der Waals surface area contributed by atoms with Crippen LogP contribution in [0.15, 0.2) is 30.3 Å². The number of primary amides is 1. The number of ether oxygens (including phenoxy) is 1. The Morgan fingerprint density at radius 3 is 2.76 bits per heavy atom. The first-order valence-corrected chi connectivity index (χ1v) is 5.98. The molecule has 0 bridgehead atoms. The highest BCUT2D eigenvalue weighted by Gasteiger charge is 2.24. The normalized spacial score (nSPS) is 22.0. The van der Waals surface area contributed by atoms with Crippen LogP contribution in [0.5, 0.6) is 0 Å². The second-order valence-electron chi connectivity index (χ2n) is 4.30. The van der Waals surface area contributed by atoms with Gasteiger partial charge >= 0.3 is 0 Å². The molecule has 4 heteroatoms. The maximum absolute atomic E-state index is 11.5. The molecule has 0 aromatic heterocycles. The van der Waals surface area contributed by atoms with E-state index >= 15 is 0 Å². The van der Waals surface area contributed by atoms with E-state index in [1.54, 1.807) is 0 Å². The highest BCUT2D eigenvalue weighted by Crippen LogP contribution is 2.21. The fraction of sp³-hybridized carbons (Fsp3) is 0.462. The zero-order valence-corrected chi connectivity index (χ0v) is 9.76. The van der Waals surface area contributed by atoms with Gasteiger partial charge in [0.1, 0.15) is 0 Å². The number of carbonyl (C=O) groups is 1. The van der Waals surface area contributed by atoms with E-state index in [1.165, 1.54) is 0 Å². The van der Waals surface area contributed by atoms with Crippen molar-refractivity contribution in [2.75, 3.05) is 13.1 Å². The maximum Gasteiger partial charge on any atom is 0.251 e. The highest BCUT2D eigenvalue weighted by molar-refractivity contribution is 5.80. The second-order valence-corrected chi connectivity index (χ2v) is 4.30. The van der Waals surface area contributed by atoms with Gasteiger partial charge in [0, 0.05) is 6.54 Å². The Bertz CT molecular complexity index is 361. The SMILES string of the molecule is NC(=O)[C@H](O[C@@H]1CCCNC1)c1ccccc1. The van der Waals surface area contributed by atoms with Crippen molar-refractivity contribution in [2.24, 2.45) is 5.73 Å². The predicted octanol–water partition coefficient (Wildman–Crippen LogP) is 0.982. The van der Waals surface area contributed by atoms with Gasteiger partial charge in [0.2, 0.25) is 0 Å². The van der Waals surface area contributed by atoms with E-state index in [-0.39, 0.29) is 6.10 Å². The molecule has 0 saturated carbocycles. The molecule has 1 amide bonds. The van der Waals surface area contributed by atoms with Crippen LogP contribution in [0.3, 0.4) is 0 Å². The predicted molar refractivity (Wildman–Crippen MR) is 65.4 cm³/mol. The Hall–Kier alpha value is -1.39. The van der Waals surface area contributed by atoms with E-state index in [4.69, 9.17) is 10.5 Å². The number of amides is 1. The summed E-state index contributed by atoms with van der Waals surface area (Å²) in [7, 11) is 0. The van der Waals surface area contributed by atoms with Crippen molar-refractivity contribution in [1.29, 1.82) is 0 Å². The van der Waals surface area contributed by atoms with Crippen LogP contribution in [0.4, 0.5) is 0 Å². The number of piperidine rings is 1. The summed E-state index contributed by atoms with van der Waals surface area (Å²) in [5.74, 6) is -0.429. The van der Waals surface area contributed by atoms with Crippen LogP contribution in [0, 0.1) is 0 Å². The van der Waals surface area contributed by atoms with Crippen molar-refractivity contribution in [3.63, 3.8) is 0 Å². The molecule has 0 radical (unpaired) electrons. The van der Waals surface area contributed by atoms with E-state index in [1.807, 2.05) is 30.3 Å². The molecular weight excluding hydrogens is 216 g/mol. The minimum atomic E-state index is -0.638. The Balaban J connectivity index is 2.05. The first-order valence-electron chi connectivity index (χ1n) is 5.98. The van der Waals surface area contributed by atoms with Crippen molar-refractivity contribution < 1.29 is 9.53 Å². The topological polar surface area (TPSA) is 64.4 Å². The Morgan fingerprint density at radius 1 is 1.41 bits per heavy atom. The third-order valence-electron chi connectivity index (χ3n) is 2.94. The molecular formula is C13H18N2O2. The van der Waals surface area contributed by atoms with Crippen molar-refractivity contribution in [1.82, 2.24) is 5.32 Å². The lowest BCUT2D eigenvalue weighted by Crippen LogP contribution is -2.38.